The van der Waals surface area contributed by atoms with Crippen LogP contribution in [0.2, 0.25) is 0 Å². The van der Waals surface area contributed by atoms with E-state index in [-0.39, 0.29) is 11.9 Å². The summed E-state index contributed by atoms with van der Waals surface area (Å²) in [7, 11) is 5.22. The molecule has 0 saturated carbocycles. The van der Waals surface area contributed by atoms with E-state index in [2.05, 4.69) is 21.4 Å². The fourth-order valence-corrected chi connectivity index (χ4v) is 6.11. The Balaban J connectivity index is 1.39. The molecule has 0 radical (unpaired) electrons. The van der Waals surface area contributed by atoms with Gasteiger partial charge < -0.3 is 0 Å². The van der Waals surface area contributed by atoms with E-state index in [4.69, 9.17) is 0 Å². The summed E-state index contributed by atoms with van der Waals surface area (Å²) in [6, 6.07) is 17.6. The fourth-order valence-electron chi connectivity index (χ4n) is 3.08. The average molecular weight is 572 g/mol. The van der Waals surface area contributed by atoms with Crippen LogP contribution in [-0.2, 0) is 0 Å². The Bertz CT molecular complexity index is 1300. The second-order valence-electron chi connectivity index (χ2n) is 7.61. The summed E-state index contributed by atoms with van der Waals surface area (Å²) in [5.41, 5.74) is 3.24. The number of benzene rings is 2. The molecule has 0 bridgehead atoms. The van der Waals surface area contributed by atoms with Crippen molar-refractivity contribution in [1.82, 2.24) is 14.9 Å². The Kier molecular flexibility index (Phi) is 6.89. The maximum atomic E-state index is 12.6. The molecule has 0 fully saturated rings. The summed E-state index contributed by atoms with van der Waals surface area (Å²) in [6.45, 7) is 2.03. The van der Waals surface area contributed by atoms with Gasteiger partial charge in [-0.15, -0.1) is 0 Å². The molecule has 2 heterocycles. The Morgan fingerprint density at radius 1 is 0.970 bits per heavy atom. The summed E-state index contributed by atoms with van der Waals surface area (Å²) in [4.78, 5) is 36.7. The molecule has 0 unspecified atom stereocenters. The molecule has 0 aliphatic heterocycles. The van der Waals surface area contributed by atoms with Crippen LogP contribution in [0.3, 0.4) is 0 Å². The number of aryl methyl sites for hydroxylation is 1. The number of hydrogen-bond acceptors (Lipinski definition) is 5. The van der Waals surface area contributed by atoms with Crippen molar-refractivity contribution >= 4 is 44.3 Å². The Hall–Kier alpha value is -3.05. The van der Waals surface area contributed by atoms with Crippen LogP contribution in [0, 0.1) is 14.1 Å². The second kappa shape index (κ2) is 9.84. The van der Waals surface area contributed by atoms with Gasteiger partial charge in [0.25, 0.3) is 0 Å². The molecule has 0 aliphatic carbocycles. The third-order valence-electron chi connectivity index (χ3n) is 4.83. The van der Waals surface area contributed by atoms with Gasteiger partial charge in [0.05, 0.1) is 0 Å². The first-order valence-electron chi connectivity index (χ1n) is 10.1. The van der Waals surface area contributed by atoms with Crippen molar-refractivity contribution in [3.05, 3.63) is 79.2 Å². The first-order chi connectivity index (χ1) is 15.8. The summed E-state index contributed by atoms with van der Waals surface area (Å²) < 4.78 is 3.35. The summed E-state index contributed by atoms with van der Waals surface area (Å²) in [6.07, 6.45) is 1.76. The van der Waals surface area contributed by atoms with Crippen LogP contribution in [0.25, 0.3) is 10.2 Å². The van der Waals surface area contributed by atoms with Crippen molar-refractivity contribution in [2.24, 2.45) is 0 Å². The third-order valence-corrected chi connectivity index (χ3v) is 8.36. The van der Waals surface area contributed by atoms with Crippen LogP contribution in [0.15, 0.2) is 60.8 Å². The van der Waals surface area contributed by atoms with Crippen LogP contribution >= 0.6 is 11.3 Å². The van der Waals surface area contributed by atoms with Gasteiger partial charge in [-0.2, -0.15) is 0 Å². The summed E-state index contributed by atoms with van der Waals surface area (Å²) >= 11 is 1.00. The number of nitrogens with one attached hydrogen (secondary N) is 1. The molecule has 3 amide bonds. The van der Waals surface area contributed by atoms with Gasteiger partial charge in [0.2, 0.25) is 0 Å². The molecular weight excluding hydrogens is 549 g/mol. The standard InChI is InChI=1S/C24H23IN5O2S/c1-15-5-11-19-21(13-15)33-23(27-19)28-22(31)20-12-8-17(14-26-20)25-16-6-9-18(10-7-16)30(4)24(32)29(2)3/h5-14H,1-4H3,(H,27,28,31)/q-1. The van der Waals surface area contributed by atoms with E-state index in [0.717, 1.165) is 25.0 Å². The van der Waals surface area contributed by atoms with Gasteiger partial charge in [-0.05, 0) is 0 Å². The van der Waals surface area contributed by atoms with Gasteiger partial charge in [0.15, 0.2) is 0 Å². The quantitative estimate of drug-likeness (QED) is 0.368. The SMILES string of the molecule is Cc1ccc2nc(NC(=O)c3ccc([I-]c4ccc(N(C)C(=O)N(C)C)cc4)cn3)sc2c1. The fraction of sp³-hybridized carbons (Fsp3) is 0.167. The minimum absolute atomic E-state index is 0.0727. The zero-order chi connectivity index (χ0) is 23.5. The van der Waals surface area contributed by atoms with Gasteiger partial charge >= 0.3 is 207 Å². The van der Waals surface area contributed by atoms with Crippen molar-refractivity contribution < 1.29 is 30.8 Å². The molecule has 33 heavy (non-hydrogen) atoms. The maximum absolute atomic E-state index is 12.6. The molecule has 1 N–H and O–H groups in total. The number of rotatable bonds is 5. The average Bonchev–Trinajstić information content (AvgIpc) is 3.20. The molecule has 2 aromatic heterocycles. The van der Waals surface area contributed by atoms with Crippen LogP contribution < -0.4 is 31.4 Å². The number of carbonyl (C=O) groups excluding carboxylic acids is 2. The second-order valence-corrected chi connectivity index (χ2v) is 11.7. The molecule has 4 rings (SSSR count). The van der Waals surface area contributed by atoms with Crippen molar-refractivity contribution in [3.8, 4) is 0 Å². The van der Waals surface area contributed by atoms with E-state index in [1.807, 2.05) is 49.4 Å². The van der Waals surface area contributed by atoms with Crippen molar-refractivity contribution in [3.63, 3.8) is 0 Å². The van der Waals surface area contributed by atoms with Crippen LogP contribution in [0.1, 0.15) is 16.1 Å². The van der Waals surface area contributed by atoms with E-state index in [1.54, 1.807) is 43.2 Å². The summed E-state index contributed by atoms with van der Waals surface area (Å²) in [5.74, 6) is -0.270. The Morgan fingerprint density at radius 2 is 1.70 bits per heavy atom. The topological polar surface area (TPSA) is 78.4 Å². The van der Waals surface area contributed by atoms with Crippen molar-refractivity contribution in [1.29, 1.82) is 0 Å². The monoisotopic (exact) mass is 572 g/mol. The molecule has 170 valence electrons. The van der Waals surface area contributed by atoms with Crippen LogP contribution in [0.5, 0.6) is 0 Å². The van der Waals surface area contributed by atoms with Crippen LogP contribution in [-0.4, -0.2) is 47.9 Å². The van der Waals surface area contributed by atoms with Gasteiger partial charge in [0.1, 0.15) is 0 Å². The number of urea groups is 1. The molecule has 9 heteroatoms. The number of fused-ring (bicyclic) bond motifs is 1. The number of pyridine rings is 1. The van der Waals surface area contributed by atoms with Gasteiger partial charge in [-0.1, -0.05) is 0 Å². The number of anilines is 2. The number of hydrogen-bond donors (Lipinski definition) is 1. The van der Waals surface area contributed by atoms with Gasteiger partial charge in [-0.3, -0.25) is 0 Å². The van der Waals surface area contributed by atoms with Crippen LogP contribution in [0.4, 0.5) is 15.6 Å². The molecular formula is C24H23IN5O2S-. The van der Waals surface area contributed by atoms with Gasteiger partial charge in [-0.25, -0.2) is 0 Å². The number of aromatic nitrogens is 2. The van der Waals surface area contributed by atoms with E-state index >= 15 is 0 Å². The van der Waals surface area contributed by atoms with Crippen molar-refractivity contribution in [2.45, 2.75) is 6.92 Å². The first kappa shape index (κ1) is 23.1. The van der Waals surface area contributed by atoms with E-state index in [0.29, 0.717) is 10.8 Å². The number of halogens is 1. The third kappa shape index (κ3) is 5.48. The first-order valence-corrected chi connectivity index (χ1v) is 13.1. The number of nitrogens with zero attached hydrogens (tertiary/aromatic N) is 4. The summed E-state index contributed by atoms with van der Waals surface area (Å²) in [5, 5.41) is 3.42. The number of thiazole rings is 1. The molecule has 0 spiro atoms. The van der Waals surface area contributed by atoms with E-state index in [1.165, 1.54) is 14.9 Å². The number of amides is 3. The molecule has 0 aliphatic rings. The zero-order valence-electron chi connectivity index (χ0n) is 18.7. The predicted octanol–water partition coefficient (Wildman–Crippen LogP) is 1.50. The Morgan fingerprint density at radius 3 is 2.36 bits per heavy atom. The molecule has 4 aromatic rings. The normalized spacial score (nSPS) is 10.9. The zero-order valence-corrected chi connectivity index (χ0v) is 21.6. The van der Waals surface area contributed by atoms with E-state index < -0.39 is 21.2 Å². The molecule has 2 aromatic carbocycles. The molecule has 0 saturated heterocycles. The Labute approximate surface area is 206 Å². The molecule has 0 atom stereocenters. The molecule has 7 nitrogen and oxygen atoms in total. The minimum atomic E-state index is -0.450. The van der Waals surface area contributed by atoms with E-state index in [9.17, 15) is 9.59 Å². The number of carbonyl (C=O) groups is 2. The predicted molar refractivity (Wildman–Crippen MR) is 128 cm³/mol. The van der Waals surface area contributed by atoms with Crippen molar-refractivity contribution in [2.75, 3.05) is 31.4 Å². The van der Waals surface area contributed by atoms with Gasteiger partial charge in [0, 0.05) is 0 Å².